The van der Waals surface area contributed by atoms with E-state index < -0.39 is 0 Å². The second-order valence-corrected chi connectivity index (χ2v) is 6.54. The molecule has 0 spiro atoms. The first kappa shape index (κ1) is 17.4. The predicted molar refractivity (Wildman–Crippen MR) is 87.2 cm³/mol. The van der Waals surface area contributed by atoms with Crippen molar-refractivity contribution < 1.29 is 4.79 Å². The molecular formula is C16H28N4O. The lowest BCUT2D eigenvalue weighted by Crippen LogP contribution is -2.33. The second-order valence-electron chi connectivity index (χ2n) is 6.54. The van der Waals surface area contributed by atoms with Crippen molar-refractivity contribution in [3.8, 4) is 0 Å². The molecule has 0 aliphatic heterocycles. The van der Waals surface area contributed by atoms with E-state index in [-0.39, 0.29) is 17.4 Å². The number of carbonyl (C=O) groups excluding carboxylic acids is 1. The number of rotatable bonds is 6. The molecule has 1 aromatic heterocycles. The van der Waals surface area contributed by atoms with Gasteiger partial charge in [-0.3, -0.25) is 4.79 Å². The van der Waals surface area contributed by atoms with Gasteiger partial charge in [0.1, 0.15) is 5.82 Å². The summed E-state index contributed by atoms with van der Waals surface area (Å²) in [6.45, 7) is 10.3. The van der Waals surface area contributed by atoms with Crippen LogP contribution in [0.2, 0.25) is 0 Å². The van der Waals surface area contributed by atoms with E-state index in [9.17, 15) is 4.79 Å². The van der Waals surface area contributed by atoms with Gasteiger partial charge in [0.05, 0.1) is 0 Å². The highest BCUT2D eigenvalue weighted by Crippen LogP contribution is 2.23. The molecule has 5 nitrogen and oxygen atoms in total. The van der Waals surface area contributed by atoms with Crippen LogP contribution in [0.3, 0.4) is 0 Å². The van der Waals surface area contributed by atoms with Crippen LogP contribution in [0.1, 0.15) is 69.9 Å². The molecule has 0 bridgehead atoms. The molecule has 0 saturated heterocycles. The Labute approximate surface area is 127 Å². The van der Waals surface area contributed by atoms with Crippen LogP contribution in [-0.4, -0.2) is 16.9 Å². The molecule has 5 heteroatoms. The van der Waals surface area contributed by atoms with E-state index in [4.69, 9.17) is 5.84 Å². The van der Waals surface area contributed by atoms with Crippen LogP contribution in [0.5, 0.6) is 0 Å². The minimum atomic E-state index is -0.143. The Morgan fingerprint density at radius 1 is 1.38 bits per heavy atom. The summed E-state index contributed by atoms with van der Waals surface area (Å²) in [5.41, 5.74) is 3.81. The van der Waals surface area contributed by atoms with Gasteiger partial charge in [-0.1, -0.05) is 40.5 Å². The Bertz CT molecular complexity index is 480. The quantitative estimate of drug-likeness (QED) is 0.556. The van der Waals surface area contributed by atoms with Crippen LogP contribution in [0.25, 0.3) is 0 Å². The summed E-state index contributed by atoms with van der Waals surface area (Å²) in [5, 5.41) is 3.03. The molecule has 0 saturated carbocycles. The van der Waals surface area contributed by atoms with Crippen LogP contribution in [0.4, 0.5) is 5.82 Å². The molecule has 118 valence electrons. The topological polar surface area (TPSA) is 80.0 Å². The van der Waals surface area contributed by atoms with Gasteiger partial charge in [-0.25, -0.2) is 10.8 Å². The maximum Gasteiger partial charge on any atom is 0.251 e. The fourth-order valence-electron chi connectivity index (χ4n) is 2.01. The number of nitrogen functional groups attached to an aromatic ring is 1. The molecule has 0 radical (unpaired) electrons. The lowest BCUT2D eigenvalue weighted by molar-refractivity contribution is 0.0937. The van der Waals surface area contributed by atoms with Crippen molar-refractivity contribution in [1.29, 1.82) is 0 Å². The third-order valence-electron chi connectivity index (χ3n) is 3.37. The summed E-state index contributed by atoms with van der Waals surface area (Å²) < 4.78 is 0. The first-order valence-electron chi connectivity index (χ1n) is 7.58. The van der Waals surface area contributed by atoms with E-state index >= 15 is 0 Å². The lowest BCUT2D eigenvalue weighted by Gasteiger charge is -2.20. The summed E-state index contributed by atoms with van der Waals surface area (Å²) in [4.78, 5) is 16.8. The van der Waals surface area contributed by atoms with Gasteiger partial charge < -0.3 is 10.7 Å². The molecule has 0 aliphatic rings. The van der Waals surface area contributed by atoms with E-state index in [2.05, 4.69) is 43.4 Å². The van der Waals surface area contributed by atoms with Crippen molar-refractivity contribution in [3.63, 3.8) is 0 Å². The summed E-state index contributed by atoms with van der Waals surface area (Å²) in [5.74, 6) is 5.88. The number of carbonyl (C=O) groups is 1. The number of nitrogens with two attached hydrogens (primary N) is 1. The maximum absolute atomic E-state index is 12.4. The Hall–Kier alpha value is -1.62. The van der Waals surface area contributed by atoms with Crippen molar-refractivity contribution in [2.45, 2.75) is 65.3 Å². The average molecular weight is 292 g/mol. The van der Waals surface area contributed by atoms with Gasteiger partial charge in [0.25, 0.3) is 5.91 Å². The SMILES string of the molecule is CCCCC(C)NC(=O)c1cc(NN)nc(C(C)(C)C)c1. The zero-order valence-corrected chi connectivity index (χ0v) is 13.8. The third kappa shape index (κ3) is 5.34. The van der Waals surface area contributed by atoms with Crippen LogP contribution in [-0.2, 0) is 5.41 Å². The molecule has 1 amide bonds. The molecule has 4 N–H and O–H groups in total. The monoisotopic (exact) mass is 292 g/mol. The standard InChI is InChI=1S/C16H28N4O/c1-6-7-8-11(2)18-15(21)12-9-13(16(3,4)5)19-14(10-12)20-17/h9-11H,6-8,17H2,1-5H3,(H,18,21)(H,19,20). The van der Waals surface area contributed by atoms with Gasteiger partial charge in [-0.05, 0) is 25.5 Å². The first-order valence-corrected chi connectivity index (χ1v) is 7.58. The normalized spacial score (nSPS) is 12.9. The number of pyridine rings is 1. The minimum Gasteiger partial charge on any atom is -0.350 e. The molecule has 1 aromatic rings. The first-order chi connectivity index (χ1) is 9.77. The summed E-state index contributed by atoms with van der Waals surface area (Å²) in [6.07, 6.45) is 3.23. The molecule has 0 aliphatic carbocycles. The summed E-state index contributed by atoms with van der Waals surface area (Å²) in [7, 11) is 0. The molecule has 1 rings (SSSR count). The van der Waals surface area contributed by atoms with E-state index in [0.29, 0.717) is 11.4 Å². The van der Waals surface area contributed by atoms with Crippen molar-refractivity contribution in [2.75, 3.05) is 5.43 Å². The molecular weight excluding hydrogens is 264 g/mol. The zero-order valence-electron chi connectivity index (χ0n) is 13.8. The number of hydrogen-bond acceptors (Lipinski definition) is 4. The fraction of sp³-hybridized carbons (Fsp3) is 0.625. The summed E-state index contributed by atoms with van der Waals surface area (Å²) in [6, 6.07) is 3.68. The van der Waals surface area contributed by atoms with Crippen molar-refractivity contribution in [1.82, 2.24) is 10.3 Å². The van der Waals surface area contributed by atoms with Crippen molar-refractivity contribution in [2.24, 2.45) is 5.84 Å². The molecule has 1 heterocycles. The Morgan fingerprint density at radius 2 is 2.05 bits per heavy atom. The highest BCUT2D eigenvalue weighted by Gasteiger charge is 2.19. The maximum atomic E-state index is 12.4. The predicted octanol–water partition coefficient (Wildman–Crippen LogP) is 2.97. The third-order valence-corrected chi connectivity index (χ3v) is 3.37. The molecule has 0 fully saturated rings. The highest BCUT2D eigenvalue weighted by atomic mass is 16.1. The number of hydrogen-bond donors (Lipinski definition) is 3. The number of aromatic nitrogens is 1. The number of amides is 1. The number of nitrogens with one attached hydrogen (secondary N) is 2. The Balaban J connectivity index is 2.93. The highest BCUT2D eigenvalue weighted by molar-refractivity contribution is 5.95. The Morgan fingerprint density at radius 3 is 2.57 bits per heavy atom. The van der Waals surface area contributed by atoms with Crippen LogP contribution in [0.15, 0.2) is 12.1 Å². The van der Waals surface area contributed by atoms with Crippen LogP contribution >= 0.6 is 0 Å². The van der Waals surface area contributed by atoms with E-state index in [1.54, 1.807) is 6.07 Å². The summed E-state index contributed by atoms with van der Waals surface area (Å²) >= 11 is 0. The van der Waals surface area contributed by atoms with E-state index in [1.807, 2.05) is 13.0 Å². The smallest absolute Gasteiger partial charge is 0.251 e. The number of unbranched alkanes of at least 4 members (excludes halogenated alkanes) is 1. The van der Waals surface area contributed by atoms with Crippen LogP contribution in [0, 0.1) is 0 Å². The second kappa shape index (κ2) is 7.41. The minimum absolute atomic E-state index is 0.0806. The zero-order chi connectivity index (χ0) is 16.0. The molecule has 1 atom stereocenters. The lowest BCUT2D eigenvalue weighted by atomic mass is 9.90. The van der Waals surface area contributed by atoms with E-state index in [1.165, 1.54) is 0 Å². The van der Waals surface area contributed by atoms with Gasteiger partial charge in [0, 0.05) is 22.7 Å². The average Bonchev–Trinajstić information content (AvgIpc) is 2.43. The van der Waals surface area contributed by atoms with Gasteiger partial charge in [0.15, 0.2) is 0 Å². The van der Waals surface area contributed by atoms with Crippen molar-refractivity contribution >= 4 is 11.7 Å². The van der Waals surface area contributed by atoms with Gasteiger partial charge >= 0.3 is 0 Å². The van der Waals surface area contributed by atoms with Crippen LogP contribution < -0.4 is 16.6 Å². The number of hydrazine groups is 1. The molecule has 21 heavy (non-hydrogen) atoms. The fourth-order valence-corrected chi connectivity index (χ4v) is 2.01. The molecule has 1 unspecified atom stereocenters. The van der Waals surface area contributed by atoms with Gasteiger partial charge in [-0.2, -0.15) is 0 Å². The van der Waals surface area contributed by atoms with Gasteiger partial charge in [0.2, 0.25) is 0 Å². The Kier molecular flexibility index (Phi) is 6.15. The molecule has 0 aromatic carbocycles. The van der Waals surface area contributed by atoms with Crippen molar-refractivity contribution in [3.05, 3.63) is 23.4 Å². The number of anilines is 1. The largest absolute Gasteiger partial charge is 0.350 e. The van der Waals surface area contributed by atoms with E-state index in [0.717, 1.165) is 25.0 Å². The number of nitrogens with zero attached hydrogens (tertiary/aromatic N) is 1. The van der Waals surface area contributed by atoms with Gasteiger partial charge in [-0.15, -0.1) is 0 Å².